The lowest BCUT2D eigenvalue weighted by Gasteiger charge is -2.21. The third-order valence-electron chi connectivity index (χ3n) is 6.17. The SMILES string of the molecule is Cc1cc2nc(CC(C)C)ccc2c(-c2ccc3c4c(ccnc24)CCO3)c1CC(=O)O. The molecule has 0 saturated heterocycles. The van der Waals surface area contributed by atoms with E-state index >= 15 is 0 Å². The zero-order chi connectivity index (χ0) is 22.4. The summed E-state index contributed by atoms with van der Waals surface area (Å²) in [5, 5.41) is 11.7. The maximum Gasteiger partial charge on any atom is 0.307 e. The van der Waals surface area contributed by atoms with Gasteiger partial charge in [-0.05, 0) is 71.8 Å². The van der Waals surface area contributed by atoms with E-state index in [2.05, 4.69) is 26.0 Å². The van der Waals surface area contributed by atoms with E-state index in [1.54, 1.807) is 0 Å². The van der Waals surface area contributed by atoms with Crippen molar-refractivity contribution in [1.29, 1.82) is 0 Å². The molecule has 0 fully saturated rings. The normalized spacial score (nSPS) is 13.0. The summed E-state index contributed by atoms with van der Waals surface area (Å²) < 4.78 is 5.90. The Morgan fingerprint density at radius 3 is 2.81 bits per heavy atom. The van der Waals surface area contributed by atoms with Crippen molar-refractivity contribution < 1.29 is 14.6 Å². The van der Waals surface area contributed by atoms with Gasteiger partial charge in [0.1, 0.15) is 5.75 Å². The second-order valence-corrected chi connectivity index (χ2v) is 8.99. The Labute approximate surface area is 187 Å². The van der Waals surface area contributed by atoms with Crippen molar-refractivity contribution >= 4 is 27.8 Å². The first-order valence-electron chi connectivity index (χ1n) is 11.1. The molecule has 0 aliphatic carbocycles. The number of fused-ring (bicyclic) bond motifs is 1. The van der Waals surface area contributed by atoms with Crippen LogP contribution in [-0.4, -0.2) is 27.7 Å². The summed E-state index contributed by atoms with van der Waals surface area (Å²) >= 11 is 0. The van der Waals surface area contributed by atoms with Gasteiger partial charge in [0.2, 0.25) is 0 Å². The van der Waals surface area contributed by atoms with Crippen molar-refractivity contribution in [1.82, 2.24) is 9.97 Å². The minimum atomic E-state index is -0.850. The molecule has 2 aromatic heterocycles. The lowest BCUT2D eigenvalue weighted by molar-refractivity contribution is -0.136. The van der Waals surface area contributed by atoms with Crippen molar-refractivity contribution in [3.8, 4) is 16.9 Å². The van der Waals surface area contributed by atoms with E-state index in [9.17, 15) is 9.90 Å². The molecule has 162 valence electrons. The van der Waals surface area contributed by atoms with E-state index in [1.807, 2.05) is 37.4 Å². The molecular formula is C27H26N2O3. The predicted molar refractivity (Wildman–Crippen MR) is 126 cm³/mol. The molecule has 0 spiro atoms. The van der Waals surface area contributed by atoms with Gasteiger partial charge < -0.3 is 9.84 Å². The fraction of sp³-hybridized carbons (Fsp3) is 0.296. The Morgan fingerprint density at radius 2 is 2.03 bits per heavy atom. The van der Waals surface area contributed by atoms with Crippen LogP contribution in [0.5, 0.6) is 5.75 Å². The average molecular weight is 427 g/mol. The van der Waals surface area contributed by atoms with Crippen LogP contribution in [0.1, 0.15) is 36.2 Å². The van der Waals surface area contributed by atoms with Crippen LogP contribution in [0.3, 0.4) is 0 Å². The standard InChI is InChI=1S/C27H26N2O3/c1-15(2)12-18-4-5-19-22(29-18)13-16(3)21(14-24(30)31)26(19)20-6-7-23-25-17(9-11-32-23)8-10-28-27(20)25/h4-8,10,13,15H,9,11-12,14H2,1-3H3,(H,30,31). The molecule has 5 heteroatoms. The van der Waals surface area contributed by atoms with Crippen LogP contribution in [0, 0.1) is 12.8 Å². The van der Waals surface area contributed by atoms with E-state index in [0.717, 1.165) is 68.3 Å². The molecular weight excluding hydrogens is 400 g/mol. The van der Waals surface area contributed by atoms with E-state index in [0.29, 0.717) is 12.5 Å². The van der Waals surface area contributed by atoms with Crippen LogP contribution in [-0.2, 0) is 24.1 Å². The summed E-state index contributed by atoms with van der Waals surface area (Å²) in [4.78, 5) is 21.5. The second kappa shape index (κ2) is 7.90. The fourth-order valence-electron chi connectivity index (χ4n) is 4.81. The lowest BCUT2D eigenvalue weighted by atomic mass is 9.87. The zero-order valence-electron chi connectivity index (χ0n) is 18.6. The van der Waals surface area contributed by atoms with Gasteiger partial charge in [-0.1, -0.05) is 19.9 Å². The number of pyridine rings is 2. The Hall–Kier alpha value is -3.47. The van der Waals surface area contributed by atoms with Crippen LogP contribution in [0.4, 0.5) is 0 Å². The number of carboxylic acids is 1. The van der Waals surface area contributed by atoms with Crippen molar-refractivity contribution in [3.05, 3.63) is 65.0 Å². The van der Waals surface area contributed by atoms with Crippen LogP contribution >= 0.6 is 0 Å². The summed E-state index contributed by atoms with van der Waals surface area (Å²) in [7, 11) is 0. The number of carbonyl (C=O) groups is 1. The molecule has 0 saturated carbocycles. The Morgan fingerprint density at radius 1 is 1.19 bits per heavy atom. The number of hydrogen-bond donors (Lipinski definition) is 1. The van der Waals surface area contributed by atoms with Gasteiger partial charge >= 0.3 is 5.97 Å². The summed E-state index contributed by atoms with van der Waals surface area (Å²) in [5.41, 5.74) is 7.58. The number of aryl methyl sites for hydroxylation is 1. The number of hydrogen-bond acceptors (Lipinski definition) is 4. The Bertz CT molecular complexity index is 1360. The van der Waals surface area contributed by atoms with Gasteiger partial charge in [-0.25, -0.2) is 0 Å². The highest BCUT2D eigenvalue weighted by molar-refractivity contribution is 6.07. The fourth-order valence-corrected chi connectivity index (χ4v) is 4.81. The van der Waals surface area contributed by atoms with E-state index in [4.69, 9.17) is 14.7 Å². The maximum atomic E-state index is 11.8. The van der Waals surface area contributed by atoms with Gasteiger partial charge in [0.15, 0.2) is 0 Å². The average Bonchev–Trinajstić information content (AvgIpc) is 2.75. The molecule has 1 N–H and O–H groups in total. The van der Waals surface area contributed by atoms with Gasteiger partial charge in [-0.2, -0.15) is 0 Å². The summed E-state index contributed by atoms with van der Waals surface area (Å²) in [5.74, 6) is 0.501. The second-order valence-electron chi connectivity index (χ2n) is 8.99. The number of ether oxygens (including phenoxy) is 1. The third-order valence-corrected chi connectivity index (χ3v) is 6.17. The number of nitrogens with zero attached hydrogens (tertiary/aromatic N) is 2. The summed E-state index contributed by atoms with van der Waals surface area (Å²) in [6.45, 7) is 6.99. The number of carboxylic acid groups (broad SMARTS) is 1. The van der Waals surface area contributed by atoms with Gasteiger partial charge in [-0.15, -0.1) is 0 Å². The van der Waals surface area contributed by atoms with Crippen LogP contribution in [0.25, 0.3) is 32.9 Å². The number of benzene rings is 2. The first-order valence-corrected chi connectivity index (χ1v) is 11.1. The number of rotatable bonds is 5. The number of aliphatic carboxylic acids is 1. The minimum absolute atomic E-state index is 0.0513. The molecule has 0 atom stereocenters. The van der Waals surface area contributed by atoms with Gasteiger partial charge in [-0.3, -0.25) is 14.8 Å². The van der Waals surface area contributed by atoms with Gasteiger partial charge in [0, 0.05) is 34.6 Å². The molecule has 1 aliphatic heterocycles. The lowest BCUT2D eigenvalue weighted by Crippen LogP contribution is -2.10. The first kappa shape index (κ1) is 20.4. The first-order chi connectivity index (χ1) is 15.4. The molecule has 0 amide bonds. The third kappa shape index (κ3) is 3.48. The minimum Gasteiger partial charge on any atom is -0.493 e. The molecule has 0 unspecified atom stereocenters. The Kier molecular flexibility index (Phi) is 5.04. The topological polar surface area (TPSA) is 72.3 Å². The molecule has 0 radical (unpaired) electrons. The van der Waals surface area contributed by atoms with Crippen LogP contribution in [0.15, 0.2) is 42.6 Å². The molecule has 0 bridgehead atoms. The van der Waals surface area contributed by atoms with Crippen molar-refractivity contribution in [2.75, 3.05) is 6.61 Å². The zero-order valence-corrected chi connectivity index (χ0v) is 18.6. The van der Waals surface area contributed by atoms with Crippen LogP contribution in [0.2, 0.25) is 0 Å². The summed E-state index contributed by atoms with van der Waals surface area (Å²) in [6.07, 6.45) is 3.53. The highest BCUT2D eigenvalue weighted by Gasteiger charge is 2.22. The molecule has 5 rings (SSSR count). The molecule has 3 heterocycles. The molecule has 5 nitrogen and oxygen atoms in total. The van der Waals surface area contributed by atoms with E-state index in [-0.39, 0.29) is 6.42 Å². The van der Waals surface area contributed by atoms with Gasteiger partial charge in [0.25, 0.3) is 0 Å². The van der Waals surface area contributed by atoms with Crippen LogP contribution < -0.4 is 4.74 Å². The Balaban J connectivity index is 1.85. The predicted octanol–water partition coefficient (Wildman–Crippen LogP) is 5.52. The van der Waals surface area contributed by atoms with Crippen molar-refractivity contribution in [3.63, 3.8) is 0 Å². The largest absolute Gasteiger partial charge is 0.493 e. The highest BCUT2D eigenvalue weighted by atomic mass is 16.5. The maximum absolute atomic E-state index is 11.8. The number of aromatic nitrogens is 2. The molecule has 4 aromatic rings. The smallest absolute Gasteiger partial charge is 0.307 e. The van der Waals surface area contributed by atoms with Crippen molar-refractivity contribution in [2.24, 2.45) is 5.92 Å². The molecule has 32 heavy (non-hydrogen) atoms. The molecule has 1 aliphatic rings. The van der Waals surface area contributed by atoms with E-state index in [1.165, 1.54) is 5.56 Å². The van der Waals surface area contributed by atoms with E-state index < -0.39 is 5.97 Å². The molecule has 2 aromatic carbocycles. The monoisotopic (exact) mass is 426 g/mol. The summed E-state index contributed by atoms with van der Waals surface area (Å²) in [6, 6.07) is 12.2. The quantitative estimate of drug-likeness (QED) is 0.455. The highest BCUT2D eigenvalue weighted by Crippen LogP contribution is 2.42. The van der Waals surface area contributed by atoms with Gasteiger partial charge in [0.05, 0.1) is 24.1 Å². The van der Waals surface area contributed by atoms with Crippen molar-refractivity contribution in [2.45, 2.75) is 40.0 Å².